The first-order valence-corrected chi connectivity index (χ1v) is 11.2. The normalized spacial score (nSPS) is 12.6. The molecule has 4 aromatic rings. The molecule has 35 heavy (non-hydrogen) atoms. The zero-order valence-electron chi connectivity index (χ0n) is 19.1. The van der Waals surface area contributed by atoms with E-state index < -0.39 is 29.1 Å². The van der Waals surface area contributed by atoms with Crippen LogP contribution in [-0.2, 0) is 16.1 Å². The number of nitrogens with one attached hydrogen (secondary N) is 1. The lowest BCUT2D eigenvalue weighted by atomic mass is 10.1. The largest absolute Gasteiger partial charge is 0.374 e. The molecule has 1 amide bonds. The monoisotopic (exact) mass is 499 g/mol. The SMILES string of the molecule is CC(C)(N)C(=O)N[C@H](COCc1ccccc1)c1nnc2c(-c3ccc(F)c(F)c3)cc(Cl)cn12. The Morgan fingerprint density at radius 3 is 2.57 bits per heavy atom. The molecule has 0 bridgehead atoms. The van der Waals surface area contributed by atoms with Gasteiger partial charge in [-0.1, -0.05) is 48.0 Å². The van der Waals surface area contributed by atoms with Gasteiger partial charge in [-0.3, -0.25) is 9.20 Å². The van der Waals surface area contributed by atoms with Crippen molar-refractivity contribution in [3.63, 3.8) is 0 Å². The van der Waals surface area contributed by atoms with E-state index in [4.69, 9.17) is 22.1 Å². The average molecular weight is 500 g/mol. The topological polar surface area (TPSA) is 94.5 Å². The van der Waals surface area contributed by atoms with Gasteiger partial charge in [0.1, 0.15) is 6.04 Å². The average Bonchev–Trinajstić information content (AvgIpc) is 3.23. The number of pyridine rings is 1. The third kappa shape index (κ3) is 5.64. The van der Waals surface area contributed by atoms with E-state index in [0.717, 1.165) is 17.7 Å². The maximum Gasteiger partial charge on any atom is 0.240 e. The van der Waals surface area contributed by atoms with Gasteiger partial charge in [0.15, 0.2) is 23.1 Å². The van der Waals surface area contributed by atoms with Crippen molar-refractivity contribution in [2.75, 3.05) is 6.61 Å². The first-order chi connectivity index (χ1) is 16.6. The predicted molar refractivity (Wildman–Crippen MR) is 129 cm³/mol. The molecule has 0 aliphatic rings. The molecule has 0 spiro atoms. The molecule has 0 fully saturated rings. The fourth-order valence-corrected chi connectivity index (χ4v) is 3.69. The van der Waals surface area contributed by atoms with Gasteiger partial charge in [0.05, 0.1) is 23.8 Å². The Labute approximate surface area is 205 Å². The molecule has 182 valence electrons. The van der Waals surface area contributed by atoms with E-state index in [1.807, 2.05) is 30.3 Å². The van der Waals surface area contributed by atoms with Crippen molar-refractivity contribution >= 4 is 23.2 Å². The molecule has 7 nitrogen and oxygen atoms in total. The highest BCUT2D eigenvalue weighted by molar-refractivity contribution is 6.30. The van der Waals surface area contributed by atoms with Crippen molar-refractivity contribution in [3.05, 3.63) is 88.8 Å². The van der Waals surface area contributed by atoms with Crippen LogP contribution in [0, 0.1) is 11.6 Å². The Morgan fingerprint density at radius 1 is 1.14 bits per heavy atom. The Bertz CT molecular complexity index is 1360. The summed E-state index contributed by atoms with van der Waals surface area (Å²) in [6, 6.07) is 14.0. The summed E-state index contributed by atoms with van der Waals surface area (Å²) >= 11 is 6.36. The van der Waals surface area contributed by atoms with Gasteiger partial charge >= 0.3 is 0 Å². The summed E-state index contributed by atoms with van der Waals surface area (Å²) in [6.07, 6.45) is 1.58. The summed E-state index contributed by atoms with van der Waals surface area (Å²) in [5.41, 5.74) is 6.97. The van der Waals surface area contributed by atoms with Crippen molar-refractivity contribution in [1.82, 2.24) is 19.9 Å². The van der Waals surface area contributed by atoms with Crippen molar-refractivity contribution in [2.24, 2.45) is 5.73 Å². The van der Waals surface area contributed by atoms with Crippen LogP contribution >= 0.6 is 11.6 Å². The lowest BCUT2D eigenvalue weighted by Crippen LogP contribution is -2.50. The lowest BCUT2D eigenvalue weighted by molar-refractivity contribution is -0.126. The van der Waals surface area contributed by atoms with Crippen LogP contribution in [0.25, 0.3) is 16.8 Å². The molecule has 2 aromatic carbocycles. The molecular formula is C25H24ClF2N5O2. The van der Waals surface area contributed by atoms with Crippen LogP contribution in [0.15, 0.2) is 60.8 Å². The van der Waals surface area contributed by atoms with Crippen LogP contribution in [0.4, 0.5) is 8.78 Å². The number of nitrogens with two attached hydrogens (primary N) is 1. The van der Waals surface area contributed by atoms with E-state index >= 15 is 0 Å². The van der Waals surface area contributed by atoms with Gasteiger partial charge in [0.2, 0.25) is 5.91 Å². The molecular weight excluding hydrogens is 476 g/mol. The minimum absolute atomic E-state index is 0.0739. The molecule has 10 heteroatoms. The van der Waals surface area contributed by atoms with Gasteiger partial charge in [0, 0.05) is 11.8 Å². The van der Waals surface area contributed by atoms with E-state index in [-0.39, 0.29) is 6.61 Å². The summed E-state index contributed by atoms with van der Waals surface area (Å²) < 4.78 is 34.9. The van der Waals surface area contributed by atoms with Crippen molar-refractivity contribution < 1.29 is 18.3 Å². The highest BCUT2D eigenvalue weighted by atomic mass is 35.5. The molecule has 3 N–H and O–H groups in total. The minimum Gasteiger partial charge on any atom is -0.374 e. The molecule has 0 aliphatic heterocycles. The summed E-state index contributed by atoms with van der Waals surface area (Å²) in [5.74, 6) is -2.02. The van der Waals surface area contributed by atoms with E-state index in [1.165, 1.54) is 6.07 Å². The van der Waals surface area contributed by atoms with Crippen LogP contribution in [0.2, 0.25) is 5.02 Å². The van der Waals surface area contributed by atoms with E-state index in [2.05, 4.69) is 15.5 Å². The number of fused-ring (bicyclic) bond motifs is 1. The highest BCUT2D eigenvalue weighted by Gasteiger charge is 2.28. The second-order valence-corrected chi connectivity index (χ2v) is 9.14. The Balaban J connectivity index is 1.71. The number of aromatic nitrogens is 3. The van der Waals surface area contributed by atoms with Gasteiger partial charge in [-0.05, 0) is 43.2 Å². The van der Waals surface area contributed by atoms with E-state index in [9.17, 15) is 13.6 Å². The first-order valence-electron chi connectivity index (χ1n) is 10.8. The summed E-state index contributed by atoms with van der Waals surface area (Å²) in [6.45, 7) is 3.57. The van der Waals surface area contributed by atoms with Gasteiger partial charge < -0.3 is 15.8 Å². The van der Waals surface area contributed by atoms with Gasteiger partial charge in [-0.15, -0.1) is 10.2 Å². The second-order valence-electron chi connectivity index (χ2n) is 8.70. The number of carbonyl (C=O) groups excluding carboxylic acids is 1. The van der Waals surface area contributed by atoms with Crippen LogP contribution in [0.3, 0.4) is 0 Å². The fraction of sp³-hybridized carbons (Fsp3) is 0.240. The standard InChI is InChI=1S/C25H24ClF2N5O2/c1-25(2,29)24(34)30-21(14-35-13-15-6-4-3-5-7-15)23-32-31-22-18(11-17(26)12-33(22)23)16-8-9-19(27)20(28)10-16/h3-12,21H,13-14,29H2,1-2H3,(H,30,34)/t21-/m1/s1. The molecule has 0 unspecified atom stereocenters. The number of halogens is 3. The zero-order chi connectivity index (χ0) is 25.2. The molecule has 2 aromatic heterocycles. The summed E-state index contributed by atoms with van der Waals surface area (Å²) in [4.78, 5) is 12.7. The van der Waals surface area contributed by atoms with E-state index in [0.29, 0.717) is 34.2 Å². The molecule has 4 rings (SSSR count). The summed E-state index contributed by atoms with van der Waals surface area (Å²) in [5, 5.41) is 11.7. The molecule has 2 heterocycles. The zero-order valence-corrected chi connectivity index (χ0v) is 19.9. The smallest absolute Gasteiger partial charge is 0.240 e. The minimum atomic E-state index is -1.15. The Hall–Kier alpha value is -3.40. The molecule has 0 saturated carbocycles. The second kappa shape index (κ2) is 10.1. The van der Waals surface area contributed by atoms with Crippen LogP contribution in [-0.4, -0.2) is 32.7 Å². The highest BCUT2D eigenvalue weighted by Crippen LogP contribution is 2.30. The first kappa shape index (κ1) is 24.7. The van der Waals surface area contributed by atoms with Crippen LogP contribution in [0.5, 0.6) is 0 Å². The van der Waals surface area contributed by atoms with Crippen molar-refractivity contribution in [2.45, 2.75) is 32.0 Å². The van der Waals surface area contributed by atoms with E-state index in [1.54, 1.807) is 30.5 Å². The Morgan fingerprint density at radius 2 is 1.89 bits per heavy atom. The van der Waals surface area contributed by atoms with Crippen molar-refractivity contribution in [1.29, 1.82) is 0 Å². The number of benzene rings is 2. The number of nitrogens with zero attached hydrogens (tertiary/aromatic N) is 3. The van der Waals surface area contributed by atoms with Gasteiger partial charge in [-0.2, -0.15) is 0 Å². The maximum absolute atomic E-state index is 13.9. The van der Waals surface area contributed by atoms with Crippen molar-refractivity contribution in [3.8, 4) is 11.1 Å². The third-order valence-electron chi connectivity index (χ3n) is 5.33. The summed E-state index contributed by atoms with van der Waals surface area (Å²) in [7, 11) is 0. The quantitative estimate of drug-likeness (QED) is 0.374. The third-order valence-corrected chi connectivity index (χ3v) is 5.53. The number of carbonyl (C=O) groups is 1. The number of ether oxygens (including phenoxy) is 1. The van der Waals surface area contributed by atoms with Crippen LogP contribution < -0.4 is 11.1 Å². The number of rotatable bonds is 8. The van der Waals surface area contributed by atoms with Crippen LogP contribution in [0.1, 0.15) is 31.3 Å². The lowest BCUT2D eigenvalue weighted by Gasteiger charge is -2.23. The van der Waals surface area contributed by atoms with Gasteiger partial charge in [0.25, 0.3) is 0 Å². The fourth-order valence-electron chi connectivity index (χ4n) is 3.48. The molecule has 1 atom stereocenters. The molecule has 0 saturated heterocycles. The maximum atomic E-state index is 13.9. The van der Waals surface area contributed by atoms with Gasteiger partial charge in [-0.25, -0.2) is 8.78 Å². The predicted octanol–water partition coefficient (Wildman–Crippen LogP) is 4.44. The molecule has 0 radical (unpaired) electrons. The Kier molecular flexibility index (Phi) is 7.11. The molecule has 0 aliphatic carbocycles. The number of amides is 1. The number of hydrogen-bond donors (Lipinski definition) is 2. The number of hydrogen-bond acceptors (Lipinski definition) is 5.